The molecule has 0 heterocycles. The molecule has 1 unspecified atom stereocenters. The van der Waals surface area contributed by atoms with Crippen LogP contribution in [-0.2, 0) is 16.0 Å². The lowest BCUT2D eigenvalue weighted by molar-refractivity contribution is -0.141. The minimum absolute atomic E-state index is 0.0708. The Morgan fingerprint density at radius 3 is 2.58 bits per heavy atom. The zero-order chi connectivity index (χ0) is 14.4. The number of hydrogen-bond acceptors (Lipinski definition) is 2. The fraction of sp³-hybridized carbons (Fsp3) is 0.385. The molecule has 0 fully saturated rings. The summed E-state index contributed by atoms with van der Waals surface area (Å²) >= 11 is 0. The highest BCUT2D eigenvalue weighted by Gasteiger charge is 2.11. The van der Waals surface area contributed by atoms with Crippen molar-refractivity contribution in [2.75, 3.05) is 6.54 Å². The zero-order valence-corrected chi connectivity index (χ0v) is 10.5. The van der Waals surface area contributed by atoms with Crippen LogP contribution in [0.15, 0.2) is 18.2 Å². The summed E-state index contributed by atoms with van der Waals surface area (Å²) in [6.45, 7) is 1.78. The van der Waals surface area contributed by atoms with E-state index in [0.717, 1.165) is 12.1 Å². The zero-order valence-electron chi connectivity index (χ0n) is 10.5. The second-order valence-electron chi connectivity index (χ2n) is 4.30. The fourth-order valence-corrected chi connectivity index (χ4v) is 1.45. The summed E-state index contributed by atoms with van der Waals surface area (Å²) in [6.07, 6.45) is 0.248. The summed E-state index contributed by atoms with van der Waals surface area (Å²) in [5.74, 6) is -3.77. The van der Waals surface area contributed by atoms with Crippen LogP contribution in [0.5, 0.6) is 0 Å². The van der Waals surface area contributed by atoms with Gasteiger partial charge in [0, 0.05) is 6.54 Å². The first-order valence-electron chi connectivity index (χ1n) is 5.83. The van der Waals surface area contributed by atoms with Gasteiger partial charge in [-0.3, -0.25) is 9.59 Å². The molecule has 6 heteroatoms. The van der Waals surface area contributed by atoms with Gasteiger partial charge in [0.25, 0.3) is 0 Å². The van der Waals surface area contributed by atoms with Crippen molar-refractivity contribution in [2.45, 2.75) is 19.8 Å². The van der Waals surface area contributed by atoms with Crippen molar-refractivity contribution < 1.29 is 23.5 Å². The Bertz CT molecular complexity index is 477. The van der Waals surface area contributed by atoms with Crippen LogP contribution in [-0.4, -0.2) is 23.5 Å². The second kappa shape index (κ2) is 6.82. The monoisotopic (exact) mass is 271 g/mol. The summed E-state index contributed by atoms with van der Waals surface area (Å²) in [7, 11) is 0. The Hall–Kier alpha value is -1.98. The van der Waals surface area contributed by atoms with E-state index in [0.29, 0.717) is 12.0 Å². The minimum Gasteiger partial charge on any atom is -0.481 e. The number of benzene rings is 1. The van der Waals surface area contributed by atoms with Crippen LogP contribution >= 0.6 is 0 Å². The van der Waals surface area contributed by atoms with Gasteiger partial charge in [0.15, 0.2) is 11.6 Å². The molecule has 1 aromatic rings. The Balaban J connectivity index is 2.39. The molecule has 0 radical (unpaired) electrons. The van der Waals surface area contributed by atoms with Crippen molar-refractivity contribution in [1.29, 1.82) is 0 Å². The smallest absolute Gasteiger partial charge is 0.306 e. The molecule has 1 aromatic carbocycles. The van der Waals surface area contributed by atoms with Gasteiger partial charge in [-0.1, -0.05) is 13.0 Å². The topological polar surface area (TPSA) is 66.4 Å². The van der Waals surface area contributed by atoms with Crippen LogP contribution < -0.4 is 5.32 Å². The number of halogens is 2. The highest BCUT2D eigenvalue weighted by atomic mass is 19.2. The van der Waals surface area contributed by atoms with Crippen molar-refractivity contribution in [1.82, 2.24) is 5.32 Å². The van der Waals surface area contributed by atoms with Crippen molar-refractivity contribution in [3.05, 3.63) is 35.4 Å². The molecule has 104 valence electrons. The first-order valence-corrected chi connectivity index (χ1v) is 5.83. The molecule has 0 bridgehead atoms. The molecule has 1 amide bonds. The lowest BCUT2D eigenvalue weighted by Gasteiger charge is -2.08. The Morgan fingerprint density at radius 2 is 2.00 bits per heavy atom. The third-order valence-electron chi connectivity index (χ3n) is 2.67. The van der Waals surface area contributed by atoms with Crippen LogP contribution in [0.3, 0.4) is 0 Å². The van der Waals surface area contributed by atoms with E-state index in [1.807, 2.05) is 0 Å². The maximum absolute atomic E-state index is 12.9. The third kappa shape index (κ3) is 5.03. The van der Waals surface area contributed by atoms with Crippen molar-refractivity contribution in [2.24, 2.45) is 5.92 Å². The van der Waals surface area contributed by atoms with Gasteiger partial charge in [-0.25, -0.2) is 8.78 Å². The van der Waals surface area contributed by atoms with Gasteiger partial charge in [-0.15, -0.1) is 0 Å². The molecule has 0 aliphatic heterocycles. The van der Waals surface area contributed by atoms with Gasteiger partial charge in [-0.05, 0) is 24.1 Å². The first-order chi connectivity index (χ1) is 8.90. The van der Waals surface area contributed by atoms with E-state index in [2.05, 4.69) is 5.32 Å². The van der Waals surface area contributed by atoms with Gasteiger partial charge in [0.05, 0.1) is 12.3 Å². The maximum atomic E-state index is 12.9. The van der Waals surface area contributed by atoms with Crippen LogP contribution in [0.4, 0.5) is 8.78 Å². The summed E-state index contributed by atoms with van der Waals surface area (Å²) < 4.78 is 25.6. The van der Waals surface area contributed by atoms with E-state index in [4.69, 9.17) is 5.11 Å². The van der Waals surface area contributed by atoms with E-state index in [1.54, 1.807) is 6.92 Å². The van der Waals surface area contributed by atoms with Gasteiger partial charge >= 0.3 is 5.97 Å². The molecule has 1 atom stereocenters. The number of carboxylic acid groups (broad SMARTS) is 1. The summed E-state index contributed by atoms with van der Waals surface area (Å²) in [6, 6.07) is 3.26. The number of nitrogens with one attached hydrogen (secondary N) is 1. The number of aliphatic carboxylic acids is 1. The van der Waals surface area contributed by atoms with E-state index in [-0.39, 0.29) is 18.9 Å². The number of carbonyl (C=O) groups excluding carboxylic acids is 1. The molecule has 0 aliphatic carbocycles. The van der Waals surface area contributed by atoms with Gasteiger partial charge < -0.3 is 10.4 Å². The molecule has 0 saturated heterocycles. The van der Waals surface area contributed by atoms with E-state index < -0.39 is 23.5 Å². The van der Waals surface area contributed by atoms with Gasteiger partial charge in [-0.2, -0.15) is 0 Å². The van der Waals surface area contributed by atoms with E-state index in [9.17, 15) is 18.4 Å². The van der Waals surface area contributed by atoms with Crippen LogP contribution in [0.1, 0.15) is 18.9 Å². The number of hydrogen-bond donors (Lipinski definition) is 2. The minimum atomic E-state index is -0.996. The molecule has 0 saturated carbocycles. The lowest BCUT2D eigenvalue weighted by atomic mass is 10.1. The molecule has 4 nitrogen and oxygen atoms in total. The molecule has 2 N–H and O–H groups in total. The first kappa shape index (κ1) is 15.1. The van der Waals surface area contributed by atoms with Crippen LogP contribution in [0.25, 0.3) is 0 Å². The van der Waals surface area contributed by atoms with Crippen molar-refractivity contribution >= 4 is 11.9 Å². The second-order valence-corrected chi connectivity index (χ2v) is 4.30. The Labute approximate surface area is 109 Å². The van der Waals surface area contributed by atoms with E-state index in [1.165, 1.54) is 6.07 Å². The summed E-state index contributed by atoms with van der Waals surface area (Å²) in [4.78, 5) is 22.0. The van der Waals surface area contributed by atoms with Crippen molar-refractivity contribution in [3.63, 3.8) is 0 Å². The number of amides is 1. The van der Waals surface area contributed by atoms with E-state index >= 15 is 0 Å². The third-order valence-corrected chi connectivity index (χ3v) is 2.67. The van der Waals surface area contributed by atoms with Gasteiger partial charge in [0.2, 0.25) is 5.91 Å². The molecular formula is C13H15F2NO3. The highest BCUT2D eigenvalue weighted by Crippen LogP contribution is 2.09. The molecular weight excluding hydrogens is 256 g/mol. The standard InChI is InChI=1S/C13H15F2NO3/c1-8(13(18)19)4-5-16-12(17)7-9-2-3-10(14)11(15)6-9/h2-3,6,8H,4-5,7H2,1H3,(H,16,17)(H,18,19). The average Bonchev–Trinajstić information content (AvgIpc) is 2.33. The highest BCUT2D eigenvalue weighted by molar-refractivity contribution is 5.78. The lowest BCUT2D eigenvalue weighted by Crippen LogP contribution is -2.28. The number of carbonyl (C=O) groups is 2. The SMILES string of the molecule is CC(CCNC(=O)Cc1ccc(F)c(F)c1)C(=O)O. The summed E-state index contributed by atoms with van der Waals surface area (Å²) in [5.41, 5.74) is 0.364. The Morgan fingerprint density at radius 1 is 1.32 bits per heavy atom. The molecule has 19 heavy (non-hydrogen) atoms. The van der Waals surface area contributed by atoms with Crippen molar-refractivity contribution in [3.8, 4) is 0 Å². The summed E-state index contributed by atoms with van der Waals surface area (Å²) in [5, 5.41) is 11.2. The molecule has 1 rings (SSSR count). The number of rotatable bonds is 6. The van der Waals surface area contributed by atoms with Gasteiger partial charge in [0.1, 0.15) is 0 Å². The Kier molecular flexibility index (Phi) is 5.41. The predicted octanol–water partition coefficient (Wildman–Crippen LogP) is 1.73. The molecule has 0 aromatic heterocycles. The average molecular weight is 271 g/mol. The number of carboxylic acids is 1. The molecule has 0 spiro atoms. The normalized spacial score (nSPS) is 11.9. The largest absolute Gasteiger partial charge is 0.481 e. The maximum Gasteiger partial charge on any atom is 0.306 e. The quantitative estimate of drug-likeness (QED) is 0.828. The fourth-order valence-electron chi connectivity index (χ4n) is 1.45. The van der Waals surface area contributed by atoms with Crippen LogP contribution in [0.2, 0.25) is 0 Å². The predicted molar refractivity (Wildman–Crippen MR) is 64.5 cm³/mol. The molecule has 0 aliphatic rings. The van der Waals surface area contributed by atoms with Crippen LogP contribution in [0, 0.1) is 17.6 Å².